The summed E-state index contributed by atoms with van der Waals surface area (Å²) in [6, 6.07) is 0.772. The standard InChI is InChI=1S/C10H23ClO4Si/c1-5-14-10(15-6-2)16(12-3,13-4)9-7-8-11/h10H,5-9H2,1-4H3. The summed E-state index contributed by atoms with van der Waals surface area (Å²) in [5.41, 5.74) is 0. The van der Waals surface area contributed by atoms with Crippen LogP contribution in [0.5, 0.6) is 0 Å². The van der Waals surface area contributed by atoms with Gasteiger partial charge < -0.3 is 18.3 Å². The quantitative estimate of drug-likeness (QED) is 0.347. The molecule has 16 heavy (non-hydrogen) atoms. The Hall–Kier alpha value is 0.347. The molecule has 0 aliphatic rings. The van der Waals surface area contributed by atoms with Gasteiger partial charge in [0.2, 0.25) is 0 Å². The van der Waals surface area contributed by atoms with Gasteiger partial charge in [0.1, 0.15) is 0 Å². The molecule has 0 N–H and O–H groups in total. The Balaban J connectivity index is 4.63. The van der Waals surface area contributed by atoms with Gasteiger partial charge >= 0.3 is 8.56 Å². The molecule has 6 heteroatoms. The van der Waals surface area contributed by atoms with Gasteiger partial charge in [-0.3, -0.25) is 0 Å². The van der Waals surface area contributed by atoms with Gasteiger partial charge in [0, 0.05) is 33.3 Å². The topological polar surface area (TPSA) is 36.9 Å². The van der Waals surface area contributed by atoms with E-state index >= 15 is 0 Å². The Bertz CT molecular complexity index is 161. The van der Waals surface area contributed by atoms with Crippen molar-refractivity contribution in [2.75, 3.05) is 33.3 Å². The molecule has 0 unspecified atom stereocenters. The molecule has 0 radical (unpaired) electrons. The highest BCUT2D eigenvalue weighted by atomic mass is 35.5. The first-order valence-electron chi connectivity index (χ1n) is 5.60. The van der Waals surface area contributed by atoms with Crippen LogP contribution in [0.15, 0.2) is 0 Å². The zero-order valence-electron chi connectivity index (χ0n) is 10.6. The van der Waals surface area contributed by atoms with Gasteiger partial charge in [-0.1, -0.05) is 0 Å². The lowest BCUT2D eigenvalue weighted by Gasteiger charge is -2.34. The van der Waals surface area contributed by atoms with Crippen molar-refractivity contribution in [3.63, 3.8) is 0 Å². The van der Waals surface area contributed by atoms with E-state index in [1.54, 1.807) is 14.2 Å². The van der Waals surface area contributed by atoms with Crippen LogP contribution in [0.4, 0.5) is 0 Å². The van der Waals surface area contributed by atoms with Gasteiger partial charge in [-0.15, -0.1) is 11.6 Å². The molecule has 4 nitrogen and oxygen atoms in total. The molecule has 0 bridgehead atoms. The summed E-state index contributed by atoms with van der Waals surface area (Å²) in [6.45, 7) is 5.01. The summed E-state index contributed by atoms with van der Waals surface area (Å²) in [4.78, 5) is 0. The van der Waals surface area contributed by atoms with Gasteiger partial charge in [-0.05, 0) is 26.3 Å². The molecule has 0 atom stereocenters. The van der Waals surface area contributed by atoms with Crippen molar-refractivity contribution in [2.45, 2.75) is 32.2 Å². The highest BCUT2D eigenvalue weighted by molar-refractivity contribution is 6.68. The zero-order chi connectivity index (χ0) is 12.4. The van der Waals surface area contributed by atoms with Crippen LogP contribution in [-0.4, -0.2) is 47.8 Å². The van der Waals surface area contributed by atoms with Crippen molar-refractivity contribution >= 4 is 20.2 Å². The largest absolute Gasteiger partial charge is 0.395 e. The Kier molecular flexibility index (Phi) is 9.59. The Morgan fingerprint density at radius 1 is 1.06 bits per heavy atom. The molecule has 0 fully saturated rings. The number of halogens is 1. The molecule has 0 aliphatic carbocycles. The molecule has 0 aromatic carbocycles. The first-order chi connectivity index (χ1) is 7.70. The van der Waals surface area contributed by atoms with E-state index in [0.717, 1.165) is 12.5 Å². The number of alkyl halides is 1. The maximum atomic E-state index is 5.71. The van der Waals surface area contributed by atoms with Crippen LogP contribution in [0, 0.1) is 0 Å². The van der Waals surface area contributed by atoms with Crippen LogP contribution in [-0.2, 0) is 18.3 Å². The fourth-order valence-electron chi connectivity index (χ4n) is 1.52. The van der Waals surface area contributed by atoms with E-state index in [9.17, 15) is 0 Å². The maximum absolute atomic E-state index is 5.71. The Morgan fingerprint density at radius 2 is 1.56 bits per heavy atom. The average Bonchev–Trinajstić information content (AvgIpc) is 2.31. The predicted molar refractivity (Wildman–Crippen MR) is 67.0 cm³/mol. The predicted octanol–water partition coefficient (Wildman–Crippen LogP) is 2.29. The minimum Gasteiger partial charge on any atom is -0.395 e. The molecule has 0 spiro atoms. The van der Waals surface area contributed by atoms with E-state index in [4.69, 9.17) is 29.9 Å². The minimum absolute atomic E-state index is 0.388. The molecule has 0 heterocycles. The summed E-state index contributed by atoms with van der Waals surface area (Å²) in [5, 5.41) is 0. The van der Waals surface area contributed by atoms with E-state index < -0.39 is 8.56 Å². The van der Waals surface area contributed by atoms with E-state index in [-0.39, 0.29) is 5.91 Å². The van der Waals surface area contributed by atoms with Crippen molar-refractivity contribution < 1.29 is 18.3 Å². The van der Waals surface area contributed by atoms with Crippen molar-refractivity contribution in [1.29, 1.82) is 0 Å². The lowest BCUT2D eigenvalue weighted by Crippen LogP contribution is -2.54. The second-order valence-corrected chi connectivity index (χ2v) is 7.04. The molecule has 0 aromatic heterocycles. The summed E-state index contributed by atoms with van der Waals surface area (Å²) in [7, 11) is 0.831. The SMILES string of the molecule is CCOC(OCC)[Si](CCCCl)(OC)OC. The van der Waals surface area contributed by atoms with Crippen molar-refractivity contribution in [3.05, 3.63) is 0 Å². The summed E-state index contributed by atoms with van der Waals surface area (Å²) >= 11 is 5.71. The average molecular weight is 271 g/mol. The van der Waals surface area contributed by atoms with Gasteiger partial charge in [-0.25, -0.2) is 0 Å². The number of rotatable bonds is 10. The van der Waals surface area contributed by atoms with E-state index in [1.165, 1.54) is 0 Å². The van der Waals surface area contributed by atoms with Gasteiger partial charge in [-0.2, -0.15) is 0 Å². The number of hydrogen-bond acceptors (Lipinski definition) is 4. The first kappa shape index (κ1) is 16.3. The second kappa shape index (κ2) is 9.38. The Labute approximate surface area is 104 Å². The van der Waals surface area contributed by atoms with E-state index in [1.807, 2.05) is 13.8 Å². The highest BCUT2D eigenvalue weighted by Crippen LogP contribution is 2.22. The van der Waals surface area contributed by atoms with E-state index in [0.29, 0.717) is 19.1 Å². The fraction of sp³-hybridized carbons (Fsp3) is 1.00. The Morgan fingerprint density at radius 3 is 1.88 bits per heavy atom. The normalized spacial score (nSPS) is 12.4. The summed E-state index contributed by atoms with van der Waals surface area (Å²) in [5.74, 6) is 0.201. The molecule has 98 valence electrons. The molecule has 0 aromatic rings. The summed E-state index contributed by atoms with van der Waals surface area (Å²) in [6.07, 6.45) is 0.839. The number of hydrogen-bond donors (Lipinski definition) is 0. The van der Waals surface area contributed by atoms with Crippen molar-refractivity contribution in [2.24, 2.45) is 0 Å². The van der Waals surface area contributed by atoms with Gasteiger partial charge in [0.05, 0.1) is 0 Å². The maximum Gasteiger partial charge on any atom is 0.395 e. The minimum atomic E-state index is -2.46. The molecule has 0 aliphatic heterocycles. The van der Waals surface area contributed by atoms with Crippen LogP contribution in [0.1, 0.15) is 20.3 Å². The van der Waals surface area contributed by atoms with Crippen LogP contribution in [0.2, 0.25) is 6.04 Å². The second-order valence-electron chi connectivity index (χ2n) is 3.26. The fourth-order valence-corrected chi connectivity index (χ4v) is 4.58. The molecule has 0 amide bonds. The third-order valence-electron chi connectivity index (χ3n) is 2.35. The van der Waals surface area contributed by atoms with E-state index in [2.05, 4.69) is 0 Å². The van der Waals surface area contributed by atoms with Crippen LogP contribution >= 0.6 is 11.6 Å². The molecular formula is C10H23ClO4Si. The summed E-state index contributed by atoms with van der Waals surface area (Å²) < 4.78 is 22.3. The smallest absolute Gasteiger partial charge is 0.395 e. The lowest BCUT2D eigenvalue weighted by atomic mass is 10.6. The molecule has 0 rings (SSSR count). The molecule has 0 saturated heterocycles. The first-order valence-corrected chi connectivity index (χ1v) is 8.23. The zero-order valence-corrected chi connectivity index (χ0v) is 12.4. The third-order valence-corrected chi connectivity index (χ3v) is 6.10. The van der Waals surface area contributed by atoms with Crippen LogP contribution in [0.3, 0.4) is 0 Å². The number of ether oxygens (including phenoxy) is 2. The van der Waals surface area contributed by atoms with Gasteiger partial charge in [0.25, 0.3) is 0 Å². The molecular weight excluding hydrogens is 248 g/mol. The molecule has 0 saturated carbocycles. The van der Waals surface area contributed by atoms with Crippen molar-refractivity contribution in [1.82, 2.24) is 0 Å². The van der Waals surface area contributed by atoms with Crippen molar-refractivity contribution in [3.8, 4) is 0 Å². The highest BCUT2D eigenvalue weighted by Gasteiger charge is 2.46. The van der Waals surface area contributed by atoms with Gasteiger partial charge in [0.15, 0.2) is 5.91 Å². The van der Waals surface area contributed by atoms with Crippen LogP contribution in [0.25, 0.3) is 0 Å². The van der Waals surface area contributed by atoms with Crippen LogP contribution < -0.4 is 0 Å². The monoisotopic (exact) mass is 270 g/mol. The lowest BCUT2D eigenvalue weighted by molar-refractivity contribution is -0.111. The third kappa shape index (κ3) is 4.69.